The number of aryl methyl sites for hydroxylation is 1. The van der Waals surface area contributed by atoms with Crippen LogP contribution >= 0.6 is 0 Å². The molecule has 0 fully saturated rings. The van der Waals surface area contributed by atoms with Gasteiger partial charge in [0, 0.05) is 0 Å². The quantitative estimate of drug-likeness (QED) is 0.737. The predicted octanol–water partition coefficient (Wildman–Crippen LogP) is 2.85. The number of rotatable bonds is 2. The molecule has 0 nitrogen and oxygen atoms in total. The minimum absolute atomic E-state index is 0.0468. The average Bonchev–Trinajstić information content (AvgIpc) is 2.53. The van der Waals surface area contributed by atoms with Crippen molar-refractivity contribution in [3.63, 3.8) is 0 Å². The van der Waals surface area contributed by atoms with E-state index in [1.807, 2.05) is 0 Å². The molecule has 0 unspecified atom stereocenters. The second-order valence-corrected chi connectivity index (χ2v) is 5.70. The minimum atomic E-state index is 0.0468. The van der Waals surface area contributed by atoms with Gasteiger partial charge in [0.25, 0.3) is 0 Å². The van der Waals surface area contributed by atoms with Gasteiger partial charge in [0.2, 0.25) is 0 Å². The molecule has 0 saturated heterocycles. The number of benzene rings is 1. The van der Waals surface area contributed by atoms with Crippen molar-refractivity contribution in [3.8, 4) is 0 Å². The molecule has 1 heterocycles. The van der Waals surface area contributed by atoms with Crippen molar-refractivity contribution in [1.29, 1.82) is 0 Å². The molecule has 2 rings (SSSR count). The van der Waals surface area contributed by atoms with Crippen molar-refractivity contribution in [3.05, 3.63) is 33.9 Å². The molecule has 1 aromatic heterocycles. The fourth-order valence-electron chi connectivity index (χ4n) is 1.54. The topological polar surface area (TPSA) is 0 Å². The normalized spacial score (nSPS) is 10.8. The van der Waals surface area contributed by atoms with Crippen LogP contribution in [-0.4, -0.2) is 20.4 Å². The SMILES string of the molecule is CCCc1cccc2[te]ccc12. The summed E-state index contributed by atoms with van der Waals surface area (Å²) in [5, 5.41) is 1.54. The summed E-state index contributed by atoms with van der Waals surface area (Å²) < 4.78 is 4.01. The molecule has 0 saturated carbocycles. The summed E-state index contributed by atoms with van der Waals surface area (Å²) >= 11 is 0.0468. The monoisotopic (exact) mass is 274 g/mol. The molecule has 0 amide bonds. The molecular weight excluding hydrogens is 260 g/mol. The van der Waals surface area contributed by atoms with Crippen LogP contribution < -0.4 is 0 Å². The van der Waals surface area contributed by atoms with Gasteiger partial charge in [-0.15, -0.1) is 0 Å². The number of hydrogen-bond acceptors (Lipinski definition) is 0. The second-order valence-electron chi connectivity index (χ2n) is 3.00. The van der Waals surface area contributed by atoms with E-state index in [0.29, 0.717) is 0 Å². The predicted molar refractivity (Wildman–Crippen MR) is 54.9 cm³/mol. The first-order valence-corrected chi connectivity index (χ1v) is 6.88. The summed E-state index contributed by atoms with van der Waals surface area (Å²) in [4.78, 5) is 0. The molecule has 0 bridgehead atoms. The van der Waals surface area contributed by atoms with E-state index in [2.05, 4.69) is 35.3 Å². The fraction of sp³-hybridized carbons (Fsp3) is 0.273. The van der Waals surface area contributed by atoms with Crippen molar-refractivity contribution < 1.29 is 0 Å². The molecule has 2 aromatic rings. The zero-order chi connectivity index (χ0) is 8.39. The summed E-state index contributed by atoms with van der Waals surface area (Å²) in [5.74, 6) is 0. The van der Waals surface area contributed by atoms with Crippen LogP contribution in [0.5, 0.6) is 0 Å². The zero-order valence-corrected chi connectivity index (χ0v) is 9.54. The van der Waals surface area contributed by atoms with Crippen molar-refractivity contribution in [2.75, 3.05) is 0 Å². The van der Waals surface area contributed by atoms with Gasteiger partial charge in [0.1, 0.15) is 0 Å². The summed E-state index contributed by atoms with van der Waals surface area (Å²) in [5.41, 5.74) is 1.55. The van der Waals surface area contributed by atoms with Crippen LogP contribution in [0.3, 0.4) is 0 Å². The van der Waals surface area contributed by atoms with Crippen LogP contribution in [0.2, 0.25) is 0 Å². The molecule has 62 valence electrons. The van der Waals surface area contributed by atoms with E-state index in [0.717, 1.165) is 0 Å². The van der Waals surface area contributed by atoms with Crippen LogP contribution in [0.15, 0.2) is 28.3 Å². The van der Waals surface area contributed by atoms with Crippen LogP contribution in [0, 0.1) is 0 Å². The van der Waals surface area contributed by atoms with Gasteiger partial charge in [0.05, 0.1) is 0 Å². The summed E-state index contributed by atoms with van der Waals surface area (Å²) in [6.07, 6.45) is 2.49. The third-order valence-electron chi connectivity index (χ3n) is 2.11. The maximum absolute atomic E-state index is 2.38. The number of fused-ring (bicyclic) bond motifs is 1. The third kappa shape index (κ3) is 1.44. The molecule has 1 aromatic carbocycles. The van der Waals surface area contributed by atoms with Gasteiger partial charge >= 0.3 is 82.9 Å². The van der Waals surface area contributed by atoms with Crippen LogP contribution in [0.1, 0.15) is 18.9 Å². The van der Waals surface area contributed by atoms with Crippen molar-refractivity contribution in [2.45, 2.75) is 19.8 Å². The van der Waals surface area contributed by atoms with E-state index in [9.17, 15) is 0 Å². The molecule has 0 aliphatic rings. The Labute approximate surface area is 82.8 Å². The Hall–Kier alpha value is -0.250. The van der Waals surface area contributed by atoms with Crippen molar-refractivity contribution in [1.82, 2.24) is 0 Å². The van der Waals surface area contributed by atoms with Crippen LogP contribution in [-0.2, 0) is 6.42 Å². The number of hydrogen-bond donors (Lipinski definition) is 0. The molecule has 0 N–H and O–H groups in total. The summed E-state index contributed by atoms with van der Waals surface area (Å²) in [6.45, 7) is 2.24. The average molecular weight is 272 g/mol. The molecule has 0 aliphatic heterocycles. The Bertz CT molecular complexity index is 373. The fourth-order valence-corrected chi connectivity index (χ4v) is 3.92. The van der Waals surface area contributed by atoms with E-state index in [1.165, 1.54) is 12.8 Å². The van der Waals surface area contributed by atoms with E-state index in [-0.39, 0.29) is 20.4 Å². The molecule has 0 radical (unpaired) electrons. The first-order chi connectivity index (χ1) is 5.92. The van der Waals surface area contributed by atoms with Gasteiger partial charge in [0.15, 0.2) is 0 Å². The first kappa shape index (κ1) is 8.35. The maximum atomic E-state index is 2.38. The van der Waals surface area contributed by atoms with E-state index in [1.54, 1.807) is 14.4 Å². The van der Waals surface area contributed by atoms with Gasteiger partial charge < -0.3 is 0 Å². The van der Waals surface area contributed by atoms with Gasteiger partial charge in [-0.2, -0.15) is 0 Å². The van der Waals surface area contributed by atoms with Gasteiger partial charge in [-0.3, -0.25) is 0 Å². The molecular formula is C11H12Te. The van der Waals surface area contributed by atoms with Crippen LogP contribution in [0.4, 0.5) is 0 Å². The van der Waals surface area contributed by atoms with E-state index < -0.39 is 0 Å². The standard InChI is InChI=1S/C11H12Te/c1-2-4-9-5-3-6-11-10(9)7-8-12-11/h3,5-8H,2,4H2,1H3. The van der Waals surface area contributed by atoms with Gasteiger partial charge in [-0.05, 0) is 0 Å². The zero-order valence-electron chi connectivity index (χ0n) is 7.21. The van der Waals surface area contributed by atoms with Crippen molar-refractivity contribution >= 4 is 29.2 Å². The van der Waals surface area contributed by atoms with E-state index >= 15 is 0 Å². The van der Waals surface area contributed by atoms with Gasteiger partial charge in [-0.1, -0.05) is 0 Å². The molecule has 12 heavy (non-hydrogen) atoms. The molecule has 1 heteroatoms. The van der Waals surface area contributed by atoms with E-state index in [4.69, 9.17) is 0 Å². The Morgan fingerprint density at radius 3 is 3.00 bits per heavy atom. The third-order valence-corrected chi connectivity index (χ3v) is 4.62. The summed E-state index contributed by atoms with van der Waals surface area (Å²) in [7, 11) is 0. The molecule has 0 atom stereocenters. The molecule has 0 aliphatic carbocycles. The van der Waals surface area contributed by atoms with Gasteiger partial charge in [-0.25, -0.2) is 0 Å². The Balaban J connectivity index is 2.57. The Kier molecular flexibility index (Phi) is 2.54. The second kappa shape index (κ2) is 3.64. The Morgan fingerprint density at radius 2 is 2.17 bits per heavy atom. The molecule has 0 spiro atoms. The van der Waals surface area contributed by atoms with Crippen molar-refractivity contribution in [2.24, 2.45) is 0 Å². The van der Waals surface area contributed by atoms with Crippen LogP contribution in [0.25, 0.3) is 8.79 Å². The first-order valence-electron chi connectivity index (χ1n) is 4.37. The Morgan fingerprint density at radius 1 is 1.25 bits per heavy atom. The summed E-state index contributed by atoms with van der Waals surface area (Å²) in [6, 6.07) is 9.09.